The van der Waals surface area contributed by atoms with Gasteiger partial charge in [-0.1, -0.05) is 12.1 Å². The molecule has 0 aliphatic heterocycles. The molecule has 0 bridgehead atoms. The molecule has 0 spiro atoms. The number of esters is 1. The summed E-state index contributed by atoms with van der Waals surface area (Å²) in [6.07, 6.45) is 0. The molecule has 0 saturated carbocycles. The third kappa shape index (κ3) is 2.18. The predicted molar refractivity (Wildman–Crippen MR) is 78.3 cm³/mol. The van der Waals surface area contributed by atoms with Crippen molar-refractivity contribution in [2.24, 2.45) is 0 Å². The maximum Gasteiger partial charge on any atom is 0.326 e. The summed E-state index contributed by atoms with van der Waals surface area (Å²) in [5.74, 6) is 0.103. The van der Waals surface area contributed by atoms with Crippen molar-refractivity contribution < 1.29 is 9.53 Å². The first kappa shape index (κ1) is 13.4. The molecule has 1 aromatic carbocycles. The van der Waals surface area contributed by atoms with Crippen LogP contribution in [0.2, 0.25) is 0 Å². The molecule has 6 heteroatoms. The van der Waals surface area contributed by atoms with E-state index in [9.17, 15) is 9.59 Å². The van der Waals surface area contributed by atoms with E-state index in [2.05, 4.69) is 4.98 Å². The van der Waals surface area contributed by atoms with Gasteiger partial charge >= 0.3 is 5.97 Å². The van der Waals surface area contributed by atoms with Crippen LogP contribution in [-0.2, 0) is 16.1 Å². The van der Waals surface area contributed by atoms with Crippen LogP contribution in [-0.4, -0.2) is 26.5 Å². The fourth-order valence-electron chi connectivity index (χ4n) is 2.47. The minimum Gasteiger partial charge on any atom is -0.465 e. The molecule has 0 amide bonds. The molecule has 0 N–H and O–H groups in total. The van der Waals surface area contributed by atoms with Crippen LogP contribution in [0.15, 0.2) is 35.1 Å². The Balaban J connectivity index is 2.34. The summed E-state index contributed by atoms with van der Waals surface area (Å²) in [6.45, 7) is 3.87. The van der Waals surface area contributed by atoms with Crippen LogP contribution in [0.25, 0.3) is 16.8 Å². The van der Waals surface area contributed by atoms with Gasteiger partial charge in [0.25, 0.3) is 5.56 Å². The van der Waals surface area contributed by atoms with Crippen LogP contribution in [0.5, 0.6) is 0 Å². The summed E-state index contributed by atoms with van der Waals surface area (Å²) in [5.41, 5.74) is 1.97. The minimum absolute atomic E-state index is 0.0285. The van der Waals surface area contributed by atoms with Gasteiger partial charge < -0.3 is 4.74 Å². The van der Waals surface area contributed by atoms with Gasteiger partial charge in [0.2, 0.25) is 5.78 Å². The molecule has 0 saturated heterocycles. The number of imidazole rings is 1. The van der Waals surface area contributed by atoms with Gasteiger partial charge in [-0.25, -0.2) is 9.38 Å². The van der Waals surface area contributed by atoms with Crippen molar-refractivity contribution in [3.63, 3.8) is 0 Å². The predicted octanol–water partition coefficient (Wildman–Crippen LogP) is 1.52. The first-order valence-corrected chi connectivity index (χ1v) is 6.75. The average molecular weight is 285 g/mol. The van der Waals surface area contributed by atoms with E-state index >= 15 is 0 Å². The number of aromatic nitrogens is 3. The van der Waals surface area contributed by atoms with Crippen LogP contribution >= 0.6 is 0 Å². The van der Waals surface area contributed by atoms with Crippen molar-refractivity contribution in [2.75, 3.05) is 6.61 Å². The number of rotatable bonds is 3. The van der Waals surface area contributed by atoms with E-state index in [1.807, 2.05) is 24.3 Å². The van der Waals surface area contributed by atoms with E-state index in [0.29, 0.717) is 18.1 Å². The molecule has 2 aromatic heterocycles. The average Bonchev–Trinajstić information content (AvgIpc) is 2.74. The molecule has 21 heavy (non-hydrogen) atoms. The zero-order chi connectivity index (χ0) is 15.0. The van der Waals surface area contributed by atoms with Crippen molar-refractivity contribution in [1.82, 2.24) is 14.0 Å². The van der Waals surface area contributed by atoms with Gasteiger partial charge in [0.05, 0.1) is 17.6 Å². The molecule has 0 aliphatic rings. The van der Waals surface area contributed by atoms with Crippen molar-refractivity contribution in [1.29, 1.82) is 0 Å². The lowest BCUT2D eigenvalue weighted by atomic mass is 10.3. The highest BCUT2D eigenvalue weighted by Crippen LogP contribution is 2.18. The third-order valence-corrected chi connectivity index (χ3v) is 3.28. The molecule has 0 aliphatic carbocycles. The molecule has 6 nitrogen and oxygen atoms in total. The van der Waals surface area contributed by atoms with Crippen molar-refractivity contribution in [2.45, 2.75) is 20.4 Å². The lowest BCUT2D eigenvalue weighted by molar-refractivity contribution is -0.143. The number of hydrogen-bond acceptors (Lipinski definition) is 4. The summed E-state index contributed by atoms with van der Waals surface area (Å²) < 4.78 is 8.22. The third-order valence-electron chi connectivity index (χ3n) is 3.28. The summed E-state index contributed by atoms with van der Waals surface area (Å²) in [6, 6.07) is 8.89. The number of aryl methyl sites for hydroxylation is 1. The number of fused-ring (bicyclic) bond motifs is 3. The number of nitrogens with zero attached hydrogens (tertiary/aromatic N) is 3. The zero-order valence-electron chi connectivity index (χ0n) is 11.9. The zero-order valence-corrected chi connectivity index (χ0v) is 11.9. The van der Waals surface area contributed by atoms with E-state index < -0.39 is 0 Å². The second-order valence-corrected chi connectivity index (χ2v) is 4.75. The van der Waals surface area contributed by atoms with Crippen LogP contribution in [0.3, 0.4) is 0 Å². The van der Waals surface area contributed by atoms with E-state index in [-0.39, 0.29) is 18.1 Å². The first-order chi connectivity index (χ1) is 10.1. The van der Waals surface area contributed by atoms with Crippen molar-refractivity contribution in [3.8, 4) is 0 Å². The summed E-state index contributed by atoms with van der Waals surface area (Å²) >= 11 is 0. The second-order valence-electron chi connectivity index (χ2n) is 4.75. The molecule has 0 unspecified atom stereocenters. The number of ether oxygens (including phenoxy) is 1. The van der Waals surface area contributed by atoms with Gasteiger partial charge in [-0.05, 0) is 26.0 Å². The van der Waals surface area contributed by atoms with E-state index in [1.165, 1.54) is 10.5 Å². The van der Waals surface area contributed by atoms with Crippen LogP contribution in [0.4, 0.5) is 0 Å². The highest BCUT2D eigenvalue weighted by atomic mass is 16.5. The Morgan fingerprint density at radius 1 is 1.29 bits per heavy atom. The summed E-state index contributed by atoms with van der Waals surface area (Å²) in [4.78, 5) is 28.4. The number of benzene rings is 1. The minimum atomic E-state index is -0.350. The molecular formula is C15H15N3O3. The lowest BCUT2D eigenvalue weighted by Gasteiger charge is -2.05. The maximum absolute atomic E-state index is 12.2. The molecule has 2 heterocycles. The second kappa shape index (κ2) is 5.05. The normalized spacial score (nSPS) is 11.1. The molecule has 0 atom stereocenters. The summed E-state index contributed by atoms with van der Waals surface area (Å²) in [5, 5.41) is 0. The molecule has 0 radical (unpaired) electrons. The highest BCUT2D eigenvalue weighted by Gasteiger charge is 2.16. The van der Waals surface area contributed by atoms with E-state index in [0.717, 1.165) is 11.0 Å². The standard InChI is InChI=1S/C15H15N3O3/c1-3-21-14(20)9-17-11-6-4-5-7-12(11)18-13(19)8-10(2)16-15(17)18/h4-8H,3,9H2,1-2H3. The van der Waals surface area contributed by atoms with Crippen LogP contribution in [0.1, 0.15) is 12.6 Å². The van der Waals surface area contributed by atoms with E-state index in [4.69, 9.17) is 4.74 Å². The Kier molecular flexibility index (Phi) is 3.21. The number of carbonyl (C=O) groups is 1. The molecule has 0 fully saturated rings. The van der Waals surface area contributed by atoms with Gasteiger partial charge in [-0.15, -0.1) is 0 Å². The van der Waals surface area contributed by atoms with Gasteiger partial charge in [-0.3, -0.25) is 14.2 Å². The topological polar surface area (TPSA) is 65.6 Å². The fraction of sp³-hybridized carbons (Fsp3) is 0.267. The quantitative estimate of drug-likeness (QED) is 0.684. The van der Waals surface area contributed by atoms with Gasteiger partial charge in [0.15, 0.2) is 0 Å². The monoisotopic (exact) mass is 285 g/mol. The van der Waals surface area contributed by atoms with Gasteiger partial charge in [0, 0.05) is 11.8 Å². The first-order valence-electron chi connectivity index (χ1n) is 6.75. The molecule has 3 rings (SSSR count). The lowest BCUT2D eigenvalue weighted by Crippen LogP contribution is -2.17. The Morgan fingerprint density at radius 2 is 2.00 bits per heavy atom. The van der Waals surface area contributed by atoms with Crippen LogP contribution in [0, 0.1) is 6.92 Å². The molecular weight excluding hydrogens is 270 g/mol. The Hall–Kier alpha value is -2.63. The highest BCUT2D eigenvalue weighted by molar-refractivity contribution is 5.83. The number of para-hydroxylation sites is 2. The van der Waals surface area contributed by atoms with Gasteiger partial charge in [0.1, 0.15) is 6.54 Å². The smallest absolute Gasteiger partial charge is 0.326 e. The Labute approximate surface area is 120 Å². The van der Waals surface area contributed by atoms with Gasteiger partial charge in [-0.2, -0.15) is 0 Å². The van der Waals surface area contributed by atoms with E-state index in [1.54, 1.807) is 18.4 Å². The molecule has 3 aromatic rings. The SMILES string of the molecule is CCOC(=O)Cn1c2ccccc2n2c(=O)cc(C)nc12. The largest absolute Gasteiger partial charge is 0.465 e. The number of carbonyl (C=O) groups excluding carboxylic acids is 1. The molecule has 108 valence electrons. The summed E-state index contributed by atoms with van der Waals surface area (Å²) in [7, 11) is 0. The number of hydrogen-bond donors (Lipinski definition) is 0. The van der Waals surface area contributed by atoms with Crippen LogP contribution < -0.4 is 5.56 Å². The fourth-order valence-corrected chi connectivity index (χ4v) is 2.47. The Bertz CT molecular complexity index is 892. The Morgan fingerprint density at radius 3 is 2.71 bits per heavy atom. The van der Waals surface area contributed by atoms with Crippen molar-refractivity contribution in [3.05, 3.63) is 46.4 Å². The van der Waals surface area contributed by atoms with Crippen molar-refractivity contribution >= 4 is 22.8 Å². The maximum atomic E-state index is 12.2.